The Bertz CT molecular complexity index is 444. The van der Waals surface area contributed by atoms with E-state index >= 15 is 0 Å². The summed E-state index contributed by atoms with van der Waals surface area (Å²) >= 11 is 2.19. The molecule has 0 saturated carbocycles. The van der Waals surface area contributed by atoms with Crippen LogP contribution in [0.3, 0.4) is 0 Å². The molecule has 0 aromatic heterocycles. The average Bonchev–Trinajstić information content (AvgIpc) is 2.36. The van der Waals surface area contributed by atoms with Gasteiger partial charge in [0.25, 0.3) is 0 Å². The maximum Gasteiger partial charge on any atom is 0.401 e. The summed E-state index contributed by atoms with van der Waals surface area (Å²) in [5, 5.41) is 0. The molecule has 1 aromatic rings. The summed E-state index contributed by atoms with van der Waals surface area (Å²) in [7, 11) is 0. The number of likely N-dealkylation sites (tertiary alicyclic amines) is 1. The van der Waals surface area contributed by atoms with E-state index in [1.807, 2.05) is 24.3 Å². The zero-order chi connectivity index (χ0) is 14.6. The topological polar surface area (TPSA) is 12.5 Å². The van der Waals surface area contributed by atoms with Crippen LogP contribution in [-0.2, 0) is 0 Å². The van der Waals surface area contributed by atoms with Crippen molar-refractivity contribution >= 4 is 35.0 Å². The summed E-state index contributed by atoms with van der Waals surface area (Å²) in [6.45, 7) is 0.655. The van der Waals surface area contributed by atoms with Crippen LogP contribution in [0, 0.1) is 9.49 Å². The van der Waals surface area contributed by atoms with Gasteiger partial charge in [0.15, 0.2) is 0 Å². The van der Waals surface area contributed by atoms with Gasteiger partial charge in [-0.3, -0.25) is 4.90 Å². The molecule has 0 amide bonds. The van der Waals surface area contributed by atoms with Gasteiger partial charge in [-0.2, -0.15) is 13.2 Å². The van der Waals surface area contributed by atoms with Crippen molar-refractivity contribution in [1.29, 1.82) is 0 Å². The van der Waals surface area contributed by atoms with Gasteiger partial charge in [0, 0.05) is 12.5 Å². The van der Waals surface area contributed by atoms with Crippen LogP contribution < -0.4 is 4.74 Å². The highest BCUT2D eigenvalue weighted by molar-refractivity contribution is 14.1. The number of para-hydroxylation sites is 1. The quantitative estimate of drug-likeness (QED) is 0.652. The summed E-state index contributed by atoms with van der Waals surface area (Å²) in [6.07, 6.45) is -2.38. The lowest BCUT2D eigenvalue weighted by atomic mass is 9.99. The summed E-state index contributed by atoms with van der Waals surface area (Å²) in [4.78, 5) is 1.48. The third-order valence-corrected chi connectivity index (χ3v) is 4.21. The molecule has 0 aliphatic carbocycles. The van der Waals surface area contributed by atoms with Gasteiger partial charge in [-0.25, -0.2) is 0 Å². The first-order valence-corrected chi connectivity index (χ1v) is 7.68. The fourth-order valence-electron chi connectivity index (χ4n) is 2.45. The molecule has 1 saturated heterocycles. The van der Waals surface area contributed by atoms with Crippen molar-refractivity contribution in [3.63, 3.8) is 0 Å². The standard InChI is InChI=1S/C14H17F3INO.ClH/c15-14(16,17)10-19-7-3-4-11(8-19)9-20-13-6-2-1-5-12(13)18;/h1-2,5-6,11H,3-4,7-10H2;1H/t11-;/m1./s1. The molecule has 1 fully saturated rings. The molecule has 120 valence electrons. The van der Waals surface area contributed by atoms with Gasteiger partial charge < -0.3 is 4.74 Å². The van der Waals surface area contributed by atoms with E-state index in [1.165, 1.54) is 4.90 Å². The number of ether oxygens (including phenoxy) is 1. The Kier molecular flexibility index (Phi) is 7.56. The highest BCUT2D eigenvalue weighted by atomic mass is 127. The second kappa shape index (κ2) is 8.43. The minimum atomic E-state index is -4.11. The predicted molar refractivity (Wildman–Crippen MR) is 87.1 cm³/mol. The second-order valence-corrected chi connectivity index (χ2v) is 6.26. The highest BCUT2D eigenvalue weighted by Gasteiger charge is 2.33. The lowest BCUT2D eigenvalue weighted by Crippen LogP contribution is -2.42. The molecule has 1 aromatic carbocycles. The smallest absolute Gasteiger partial charge is 0.401 e. The van der Waals surface area contributed by atoms with Crippen LogP contribution >= 0.6 is 35.0 Å². The van der Waals surface area contributed by atoms with E-state index in [4.69, 9.17) is 4.74 Å². The van der Waals surface area contributed by atoms with Gasteiger partial charge in [-0.15, -0.1) is 12.4 Å². The van der Waals surface area contributed by atoms with Gasteiger partial charge >= 0.3 is 6.18 Å². The number of nitrogens with zero attached hydrogens (tertiary/aromatic N) is 1. The fraction of sp³-hybridized carbons (Fsp3) is 0.571. The third kappa shape index (κ3) is 6.61. The van der Waals surface area contributed by atoms with E-state index in [-0.39, 0.29) is 18.3 Å². The van der Waals surface area contributed by atoms with Crippen molar-refractivity contribution < 1.29 is 17.9 Å². The molecule has 2 rings (SSSR count). The van der Waals surface area contributed by atoms with Gasteiger partial charge in [0.05, 0.1) is 16.7 Å². The summed E-state index contributed by atoms with van der Waals surface area (Å²) < 4.78 is 44.0. The summed E-state index contributed by atoms with van der Waals surface area (Å²) in [5.41, 5.74) is 0. The molecule has 7 heteroatoms. The van der Waals surface area contributed by atoms with Gasteiger partial charge in [-0.05, 0) is 54.1 Å². The molecule has 2 nitrogen and oxygen atoms in total. The third-order valence-electron chi connectivity index (χ3n) is 3.32. The number of hydrogen-bond acceptors (Lipinski definition) is 2. The molecule has 0 radical (unpaired) electrons. The number of hydrogen-bond donors (Lipinski definition) is 0. The molecule has 0 unspecified atom stereocenters. The number of rotatable bonds is 4. The fourth-order valence-corrected chi connectivity index (χ4v) is 3.00. The Labute approximate surface area is 142 Å². The minimum Gasteiger partial charge on any atom is -0.492 e. The molecule has 1 heterocycles. The van der Waals surface area contributed by atoms with Crippen LogP contribution in [0.5, 0.6) is 5.75 Å². The zero-order valence-electron chi connectivity index (χ0n) is 11.4. The van der Waals surface area contributed by atoms with E-state index in [0.717, 1.165) is 22.2 Å². The average molecular weight is 436 g/mol. The van der Waals surface area contributed by atoms with E-state index < -0.39 is 12.7 Å². The molecular weight excluding hydrogens is 418 g/mol. The Morgan fingerprint density at radius 1 is 1.29 bits per heavy atom. The van der Waals surface area contributed by atoms with Crippen molar-refractivity contribution in [3.05, 3.63) is 27.8 Å². The molecule has 21 heavy (non-hydrogen) atoms. The summed E-state index contributed by atoms with van der Waals surface area (Å²) in [5.74, 6) is 0.975. The van der Waals surface area contributed by atoms with Gasteiger partial charge in [0.1, 0.15) is 5.75 Å². The molecule has 0 spiro atoms. The predicted octanol–water partition coefficient (Wildman–Crippen LogP) is 4.37. The molecule has 0 N–H and O–H groups in total. The lowest BCUT2D eigenvalue weighted by Gasteiger charge is -2.33. The second-order valence-electron chi connectivity index (χ2n) is 5.10. The van der Waals surface area contributed by atoms with E-state index in [9.17, 15) is 13.2 Å². The molecular formula is C14H18ClF3INO. The molecule has 1 atom stereocenters. The van der Waals surface area contributed by atoms with Crippen molar-refractivity contribution in [2.75, 3.05) is 26.2 Å². The van der Waals surface area contributed by atoms with Crippen LogP contribution in [0.25, 0.3) is 0 Å². The van der Waals surface area contributed by atoms with E-state index in [2.05, 4.69) is 22.6 Å². The first-order chi connectivity index (χ1) is 9.44. The van der Waals surface area contributed by atoms with Crippen LogP contribution in [-0.4, -0.2) is 37.3 Å². The van der Waals surface area contributed by atoms with Crippen LogP contribution in [0.15, 0.2) is 24.3 Å². The van der Waals surface area contributed by atoms with Gasteiger partial charge in [0.2, 0.25) is 0 Å². The van der Waals surface area contributed by atoms with E-state index in [1.54, 1.807) is 0 Å². The van der Waals surface area contributed by atoms with Gasteiger partial charge in [-0.1, -0.05) is 12.1 Å². The van der Waals surface area contributed by atoms with E-state index in [0.29, 0.717) is 19.7 Å². The monoisotopic (exact) mass is 435 g/mol. The Morgan fingerprint density at radius 3 is 2.67 bits per heavy atom. The first-order valence-electron chi connectivity index (χ1n) is 6.60. The zero-order valence-corrected chi connectivity index (χ0v) is 14.4. The molecule has 0 bridgehead atoms. The van der Waals surface area contributed by atoms with Crippen molar-refractivity contribution in [2.45, 2.75) is 19.0 Å². The van der Waals surface area contributed by atoms with Crippen LogP contribution in [0.1, 0.15) is 12.8 Å². The van der Waals surface area contributed by atoms with Crippen LogP contribution in [0.4, 0.5) is 13.2 Å². The van der Waals surface area contributed by atoms with Crippen LogP contribution in [0.2, 0.25) is 0 Å². The number of alkyl halides is 3. The largest absolute Gasteiger partial charge is 0.492 e. The number of piperidine rings is 1. The Morgan fingerprint density at radius 2 is 2.00 bits per heavy atom. The maximum absolute atomic E-state index is 12.4. The SMILES string of the molecule is Cl.FC(F)(F)CN1CCC[C@@H](COc2ccccc2I)C1. The lowest BCUT2D eigenvalue weighted by molar-refractivity contribution is -0.149. The number of halogens is 5. The first kappa shape index (κ1) is 18.8. The minimum absolute atomic E-state index is 0. The molecule has 1 aliphatic rings. The normalized spacial score (nSPS) is 19.9. The Balaban J connectivity index is 0.00000220. The van der Waals surface area contributed by atoms with Crippen molar-refractivity contribution in [2.24, 2.45) is 5.92 Å². The van der Waals surface area contributed by atoms with Crippen molar-refractivity contribution in [3.8, 4) is 5.75 Å². The summed E-state index contributed by atoms with van der Waals surface area (Å²) in [6, 6.07) is 7.67. The number of benzene rings is 1. The maximum atomic E-state index is 12.4. The highest BCUT2D eigenvalue weighted by Crippen LogP contribution is 2.24. The van der Waals surface area contributed by atoms with Crippen molar-refractivity contribution in [1.82, 2.24) is 4.90 Å². The molecule has 1 aliphatic heterocycles. The Hall–Kier alpha value is -0.210.